The van der Waals surface area contributed by atoms with Gasteiger partial charge in [0, 0.05) is 44.5 Å². The number of anilines is 1. The predicted molar refractivity (Wildman–Crippen MR) is 123 cm³/mol. The molecule has 1 aliphatic rings. The topological polar surface area (TPSA) is 54.6 Å². The van der Waals surface area contributed by atoms with E-state index < -0.39 is 0 Å². The fourth-order valence-electron chi connectivity index (χ4n) is 3.53. The Labute approximate surface area is 180 Å². The van der Waals surface area contributed by atoms with Crippen LogP contribution < -0.4 is 15.4 Å². The summed E-state index contributed by atoms with van der Waals surface area (Å²) in [7, 11) is 1.71. The molecule has 1 aromatic heterocycles. The molecule has 3 aromatic rings. The SMILES string of the molecule is Br.COc1cccc(N2CCN(CCC(N)c3nc4ccccc4s3)CC2)c1. The van der Waals surface area contributed by atoms with E-state index in [1.54, 1.807) is 18.4 Å². The van der Waals surface area contributed by atoms with Crippen LogP contribution in [0.4, 0.5) is 5.69 Å². The molecule has 1 unspecified atom stereocenters. The van der Waals surface area contributed by atoms with Crippen LogP contribution in [-0.2, 0) is 0 Å². The summed E-state index contributed by atoms with van der Waals surface area (Å²) in [6.45, 7) is 5.20. The summed E-state index contributed by atoms with van der Waals surface area (Å²) in [5.41, 5.74) is 8.71. The van der Waals surface area contributed by atoms with Gasteiger partial charge >= 0.3 is 0 Å². The summed E-state index contributed by atoms with van der Waals surface area (Å²) >= 11 is 1.72. The average Bonchev–Trinajstić information content (AvgIpc) is 3.17. The fraction of sp³-hybridized carbons (Fsp3) is 0.381. The first-order chi connectivity index (χ1) is 13.2. The average molecular weight is 463 g/mol. The van der Waals surface area contributed by atoms with Gasteiger partial charge in [0.1, 0.15) is 10.8 Å². The molecule has 1 saturated heterocycles. The number of fused-ring (bicyclic) bond motifs is 1. The van der Waals surface area contributed by atoms with Crippen molar-refractivity contribution in [3.63, 3.8) is 0 Å². The molecule has 0 radical (unpaired) electrons. The first-order valence-electron chi connectivity index (χ1n) is 9.45. The highest BCUT2D eigenvalue weighted by Gasteiger charge is 2.19. The zero-order valence-electron chi connectivity index (χ0n) is 16.1. The van der Waals surface area contributed by atoms with Crippen molar-refractivity contribution in [2.45, 2.75) is 12.5 Å². The number of hydrogen-bond acceptors (Lipinski definition) is 6. The molecule has 1 aliphatic heterocycles. The molecule has 1 fully saturated rings. The number of para-hydroxylation sites is 1. The summed E-state index contributed by atoms with van der Waals surface area (Å²) in [6.07, 6.45) is 0.943. The molecule has 2 aromatic carbocycles. The van der Waals surface area contributed by atoms with Crippen molar-refractivity contribution in [2.75, 3.05) is 44.7 Å². The Morgan fingerprint density at radius 1 is 1.11 bits per heavy atom. The van der Waals surface area contributed by atoms with E-state index in [1.165, 1.54) is 10.4 Å². The first-order valence-corrected chi connectivity index (χ1v) is 10.3. The van der Waals surface area contributed by atoms with Crippen LogP contribution in [0.1, 0.15) is 17.5 Å². The predicted octanol–water partition coefficient (Wildman–Crippen LogP) is 4.09. The number of ether oxygens (including phenoxy) is 1. The van der Waals surface area contributed by atoms with Crippen molar-refractivity contribution in [3.05, 3.63) is 53.5 Å². The number of hydrogen-bond donors (Lipinski definition) is 1. The lowest BCUT2D eigenvalue weighted by Crippen LogP contribution is -2.47. The third-order valence-electron chi connectivity index (χ3n) is 5.17. The maximum absolute atomic E-state index is 6.42. The van der Waals surface area contributed by atoms with Crippen LogP contribution in [0.15, 0.2) is 48.5 Å². The van der Waals surface area contributed by atoms with Crippen LogP contribution in [0.25, 0.3) is 10.2 Å². The van der Waals surface area contributed by atoms with E-state index in [2.05, 4.69) is 46.2 Å². The Balaban J connectivity index is 0.00000225. The number of methoxy groups -OCH3 is 1. The molecule has 1 atom stereocenters. The minimum Gasteiger partial charge on any atom is -0.497 e. The second-order valence-corrected chi connectivity index (χ2v) is 8.01. The van der Waals surface area contributed by atoms with Gasteiger partial charge in [-0.15, -0.1) is 28.3 Å². The Bertz CT molecular complexity index is 862. The fourth-order valence-corrected chi connectivity index (χ4v) is 4.53. The zero-order chi connectivity index (χ0) is 18.6. The molecule has 0 bridgehead atoms. The van der Waals surface area contributed by atoms with Gasteiger partial charge in [0.05, 0.1) is 23.4 Å². The van der Waals surface area contributed by atoms with Crippen LogP contribution in [0, 0.1) is 0 Å². The Morgan fingerprint density at radius 2 is 1.89 bits per heavy atom. The van der Waals surface area contributed by atoms with Gasteiger partial charge in [-0.25, -0.2) is 4.98 Å². The maximum Gasteiger partial charge on any atom is 0.120 e. The number of halogens is 1. The first kappa shape index (κ1) is 21.0. The van der Waals surface area contributed by atoms with Crippen molar-refractivity contribution in [1.82, 2.24) is 9.88 Å². The molecule has 2 N–H and O–H groups in total. The van der Waals surface area contributed by atoms with E-state index in [0.717, 1.165) is 55.4 Å². The van der Waals surface area contributed by atoms with Gasteiger partial charge in [-0.1, -0.05) is 18.2 Å². The van der Waals surface area contributed by atoms with Crippen LogP contribution in [0.5, 0.6) is 5.75 Å². The second kappa shape index (κ2) is 9.69. The summed E-state index contributed by atoms with van der Waals surface area (Å²) in [4.78, 5) is 9.63. The molecule has 4 rings (SSSR count). The van der Waals surface area contributed by atoms with E-state index in [9.17, 15) is 0 Å². The highest BCUT2D eigenvalue weighted by atomic mass is 79.9. The molecule has 28 heavy (non-hydrogen) atoms. The summed E-state index contributed by atoms with van der Waals surface area (Å²) in [6, 6.07) is 16.6. The summed E-state index contributed by atoms with van der Waals surface area (Å²) in [5.74, 6) is 0.914. The van der Waals surface area contributed by atoms with Crippen molar-refractivity contribution in [2.24, 2.45) is 5.73 Å². The van der Waals surface area contributed by atoms with Gasteiger partial charge in [-0.3, -0.25) is 4.90 Å². The van der Waals surface area contributed by atoms with Crippen molar-refractivity contribution in [1.29, 1.82) is 0 Å². The second-order valence-electron chi connectivity index (χ2n) is 6.95. The molecule has 7 heteroatoms. The number of nitrogens with zero attached hydrogens (tertiary/aromatic N) is 3. The van der Waals surface area contributed by atoms with Crippen LogP contribution in [0.3, 0.4) is 0 Å². The highest BCUT2D eigenvalue weighted by Crippen LogP contribution is 2.27. The monoisotopic (exact) mass is 462 g/mol. The molecule has 5 nitrogen and oxygen atoms in total. The molecule has 2 heterocycles. The molecule has 0 amide bonds. The lowest BCUT2D eigenvalue weighted by molar-refractivity contribution is 0.248. The van der Waals surface area contributed by atoms with Crippen LogP contribution in [-0.4, -0.2) is 49.7 Å². The minimum atomic E-state index is 0. The van der Waals surface area contributed by atoms with Gasteiger partial charge in [-0.2, -0.15) is 0 Å². The Morgan fingerprint density at radius 3 is 2.64 bits per heavy atom. The molecule has 0 saturated carbocycles. The van der Waals surface area contributed by atoms with Gasteiger partial charge in [0.25, 0.3) is 0 Å². The van der Waals surface area contributed by atoms with E-state index in [4.69, 9.17) is 15.5 Å². The summed E-state index contributed by atoms with van der Waals surface area (Å²) < 4.78 is 6.56. The Hall–Kier alpha value is -1.67. The van der Waals surface area contributed by atoms with E-state index >= 15 is 0 Å². The molecular weight excluding hydrogens is 436 g/mol. The van der Waals surface area contributed by atoms with Crippen molar-refractivity contribution >= 4 is 44.2 Å². The van der Waals surface area contributed by atoms with Gasteiger partial charge in [-0.05, 0) is 30.7 Å². The number of aromatic nitrogens is 1. The lowest BCUT2D eigenvalue weighted by atomic mass is 10.2. The number of nitrogens with two attached hydrogens (primary N) is 1. The maximum atomic E-state index is 6.42. The van der Waals surface area contributed by atoms with E-state index in [1.807, 2.05) is 12.1 Å². The standard InChI is InChI=1S/C21H26N4OS.BrH/c1-26-17-6-4-5-16(15-17)25-13-11-24(12-14-25)10-9-18(22)21-23-19-7-2-3-8-20(19)27-21;/h2-8,15,18H,9-14,22H2,1H3;1H. The number of benzene rings is 2. The largest absolute Gasteiger partial charge is 0.497 e. The minimum absolute atomic E-state index is 0. The van der Waals surface area contributed by atoms with Gasteiger partial charge in [0.15, 0.2) is 0 Å². The van der Waals surface area contributed by atoms with Gasteiger partial charge in [0.2, 0.25) is 0 Å². The zero-order valence-corrected chi connectivity index (χ0v) is 18.6. The number of rotatable bonds is 6. The van der Waals surface area contributed by atoms with Crippen LogP contribution in [0.2, 0.25) is 0 Å². The van der Waals surface area contributed by atoms with Crippen molar-refractivity contribution in [3.8, 4) is 5.75 Å². The third kappa shape index (κ3) is 4.84. The molecule has 150 valence electrons. The highest BCUT2D eigenvalue weighted by molar-refractivity contribution is 8.93. The quantitative estimate of drug-likeness (QED) is 0.597. The van der Waals surface area contributed by atoms with Crippen LogP contribution >= 0.6 is 28.3 Å². The Kier molecular flexibility index (Phi) is 7.29. The molecule has 0 aliphatic carbocycles. The smallest absolute Gasteiger partial charge is 0.120 e. The molecule has 0 spiro atoms. The lowest BCUT2D eigenvalue weighted by Gasteiger charge is -2.36. The van der Waals surface area contributed by atoms with E-state index in [0.29, 0.717) is 0 Å². The van der Waals surface area contributed by atoms with Crippen molar-refractivity contribution < 1.29 is 4.74 Å². The molecular formula is C21H27BrN4OS. The number of piperazine rings is 1. The van der Waals surface area contributed by atoms with E-state index in [-0.39, 0.29) is 23.0 Å². The van der Waals surface area contributed by atoms with Gasteiger partial charge < -0.3 is 15.4 Å². The number of thiazole rings is 1. The summed E-state index contributed by atoms with van der Waals surface area (Å²) in [5, 5.41) is 1.05. The normalized spacial score (nSPS) is 16.0. The third-order valence-corrected chi connectivity index (χ3v) is 6.34.